The maximum Gasteiger partial charge on any atom is 0.415 e. The highest BCUT2D eigenvalue weighted by molar-refractivity contribution is 7.90. The Morgan fingerprint density at radius 2 is 1.63 bits per heavy atom. The molecule has 0 amide bonds. The Labute approximate surface area is 105 Å². The van der Waals surface area contributed by atoms with Crippen LogP contribution in [0, 0.1) is 11.6 Å². The molecule has 1 unspecified atom stereocenters. The van der Waals surface area contributed by atoms with Gasteiger partial charge in [-0.3, -0.25) is 0 Å². The molecule has 0 radical (unpaired) electrons. The number of halogens is 5. The molecule has 0 aromatic heterocycles. The molecule has 19 heavy (non-hydrogen) atoms. The SMILES string of the molecule is O=S(=O)(Cc1c(F)cccc1F)CC(O)C(F)(F)F. The van der Waals surface area contributed by atoms with E-state index in [0.29, 0.717) is 0 Å². The number of hydrogen-bond acceptors (Lipinski definition) is 3. The van der Waals surface area contributed by atoms with Gasteiger partial charge < -0.3 is 5.11 Å². The third kappa shape index (κ3) is 4.43. The van der Waals surface area contributed by atoms with Gasteiger partial charge in [-0.1, -0.05) is 6.07 Å². The lowest BCUT2D eigenvalue weighted by Gasteiger charge is -2.14. The molecule has 1 aromatic rings. The van der Waals surface area contributed by atoms with Crippen LogP contribution < -0.4 is 0 Å². The van der Waals surface area contributed by atoms with Gasteiger partial charge in [0.25, 0.3) is 0 Å². The Kier molecular flexibility index (Phi) is 4.51. The first-order chi connectivity index (χ1) is 8.53. The minimum atomic E-state index is -5.11. The molecule has 0 aliphatic rings. The summed E-state index contributed by atoms with van der Waals surface area (Å²) < 4.78 is 85.1. The molecule has 0 aliphatic heterocycles. The first-order valence-corrected chi connectivity index (χ1v) is 6.73. The lowest BCUT2D eigenvalue weighted by molar-refractivity contribution is -0.196. The highest BCUT2D eigenvalue weighted by Crippen LogP contribution is 2.23. The molecule has 1 rings (SSSR count). The monoisotopic (exact) mass is 304 g/mol. The molecular formula is C10H9F5O3S. The summed E-state index contributed by atoms with van der Waals surface area (Å²) in [5.74, 6) is -5.25. The predicted octanol–water partition coefficient (Wildman–Crippen LogP) is 1.80. The average molecular weight is 304 g/mol. The van der Waals surface area contributed by atoms with Crippen LogP contribution in [0.25, 0.3) is 0 Å². The third-order valence-electron chi connectivity index (χ3n) is 2.22. The molecule has 0 saturated heterocycles. The normalized spacial score (nSPS) is 14.4. The van der Waals surface area contributed by atoms with Gasteiger partial charge in [0.2, 0.25) is 0 Å². The second kappa shape index (κ2) is 5.41. The van der Waals surface area contributed by atoms with E-state index in [4.69, 9.17) is 5.11 Å². The summed E-state index contributed by atoms with van der Waals surface area (Å²) >= 11 is 0. The zero-order valence-corrected chi connectivity index (χ0v) is 10.1. The summed E-state index contributed by atoms with van der Waals surface area (Å²) in [6.45, 7) is 0. The van der Waals surface area contributed by atoms with E-state index in [1.165, 1.54) is 0 Å². The van der Waals surface area contributed by atoms with E-state index in [1.54, 1.807) is 0 Å². The molecule has 0 fully saturated rings. The second-order valence-corrected chi connectivity index (χ2v) is 5.92. The maximum absolute atomic E-state index is 13.2. The summed E-state index contributed by atoms with van der Waals surface area (Å²) in [6, 6.07) is 2.56. The lowest BCUT2D eigenvalue weighted by Crippen LogP contribution is -2.35. The molecule has 1 atom stereocenters. The summed E-state index contributed by atoms with van der Waals surface area (Å²) in [5, 5.41) is 8.65. The van der Waals surface area contributed by atoms with Crippen LogP contribution >= 0.6 is 0 Å². The zero-order chi connectivity index (χ0) is 14.8. The molecule has 0 aliphatic carbocycles. The van der Waals surface area contributed by atoms with Crippen LogP contribution in [-0.4, -0.2) is 31.6 Å². The number of sulfone groups is 1. The van der Waals surface area contributed by atoms with Gasteiger partial charge in [0.15, 0.2) is 15.9 Å². The van der Waals surface area contributed by atoms with E-state index in [-0.39, 0.29) is 0 Å². The maximum atomic E-state index is 13.2. The first-order valence-electron chi connectivity index (χ1n) is 4.91. The molecule has 108 valence electrons. The van der Waals surface area contributed by atoms with Crippen molar-refractivity contribution in [2.24, 2.45) is 0 Å². The van der Waals surface area contributed by atoms with Gasteiger partial charge in [-0.15, -0.1) is 0 Å². The molecular weight excluding hydrogens is 295 g/mol. The van der Waals surface area contributed by atoms with Crippen LogP contribution in [0.2, 0.25) is 0 Å². The second-order valence-electron chi connectivity index (χ2n) is 3.81. The number of alkyl halides is 3. The van der Waals surface area contributed by atoms with Crippen molar-refractivity contribution in [2.45, 2.75) is 18.0 Å². The van der Waals surface area contributed by atoms with Crippen molar-refractivity contribution < 1.29 is 35.5 Å². The van der Waals surface area contributed by atoms with Gasteiger partial charge in [0, 0.05) is 5.56 Å². The van der Waals surface area contributed by atoms with E-state index < -0.39 is 50.8 Å². The van der Waals surface area contributed by atoms with Crippen molar-refractivity contribution in [3.8, 4) is 0 Å². The Morgan fingerprint density at radius 3 is 2.05 bits per heavy atom. The summed E-state index contributed by atoms with van der Waals surface area (Å²) in [5.41, 5.74) is -0.850. The number of aliphatic hydroxyl groups is 1. The third-order valence-corrected chi connectivity index (χ3v) is 3.77. The molecule has 0 bridgehead atoms. The van der Waals surface area contributed by atoms with Gasteiger partial charge in [0.1, 0.15) is 11.6 Å². The fraction of sp³-hybridized carbons (Fsp3) is 0.400. The van der Waals surface area contributed by atoms with Gasteiger partial charge in [-0.2, -0.15) is 13.2 Å². The van der Waals surface area contributed by atoms with Crippen molar-refractivity contribution in [2.75, 3.05) is 5.75 Å². The Bertz CT molecular complexity index is 533. The largest absolute Gasteiger partial charge is 0.415 e. The van der Waals surface area contributed by atoms with Crippen LogP contribution in [0.15, 0.2) is 18.2 Å². The van der Waals surface area contributed by atoms with Crippen LogP contribution in [0.3, 0.4) is 0 Å². The highest BCUT2D eigenvalue weighted by Gasteiger charge is 2.41. The topological polar surface area (TPSA) is 54.4 Å². The minimum absolute atomic E-state index is 0.786. The Balaban J connectivity index is 2.92. The fourth-order valence-electron chi connectivity index (χ4n) is 1.28. The van der Waals surface area contributed by atoms with E-state index in [0.717, 1.165) is 18.2 Å². The van der Waals surface area contributed by atoms with E-state index >= 15 is 0 Å². The minimum Gasteiger partial charge on any atom is -0.383 e. The van der Waals surface area contributed by atoms with Gasteiger partial charge >= 0.3 is 6.18 Å². The van der Waals surface area contributed by atoms with E-state index in [2.05, 4.69) is 0 Å². The molecule has 3 nitrogen and oxygen atoms in total. The Hall–Kier alpha value is -1.22. The summed E-state index contributed by atoms with van der Waals surface area (Å²) in [6.07, 6.45) is -8.20. The van der Waals surface area contributed by atoms with Crippen LogP contribution in [0.1, 0.15) is 5.56 Å². The van der Waals surface area contributed by atoms with Crippen LogP contribution in [0.5, 0.6) is 0 Å². The standard InChI is InChI=1S/C10H9F5O3S/c11-7-2-1-3-8(12)6(7)4-19(17,18)5-9(16)10(13,14)15/h1-3,9,16H,4-5H2. The van der Waals surface area contributed by atoms with Crippen LogP contribution in [-0.2, 0) is 15.6 Å². The van der Waals surface area contributed by atoms with Crippen LogP contribution in [0.4, 0.5) is 22.0 Å². The quantitative estimate of drug-likeness (QED) is 0.863. The highest BCUT2D eigenvalue weighted by atomic mass is 32.2. The molecule has 0 heterocycles. The lowest BCUT2D eigenvalue weighted by atomic mass is 10.2. The number of rotatable bonds is 4. The molecule has 0 spiro atoms. The predicted molar refractivity (Wildman–Crippen MR) is 55.9 cm³/mol. The Morgan fingerprint density at radius 1 is 1.16 bits per heavy atom. The summed E-state index contributed by atoms with van der Waals surface area (Å²) in [4.78, 5) is 0. The van der Waals surface area contributed by atoms with E-state index in [9.17, 15) is 30.4 Å². The zero-order valence-electron chi connectivity index (χ0n) is 9.29. The van der Waals surface area contributed by atoms with Crippen molar-refractivity contribution in [3.63, 3.8) is 0 Å². The van der Waals surface area contributed by atoms with Gasteiger partial charge in [-0.25, -0.2) is 17.2 Å². The van der Waals surface area contributed by atoms with Crippen molar-refractivity contribution in [1.82, 2.24) is 0 Å². The number of benzene rings is 1. The van der Waals surface area contributed by atoms with Gasteiger partial charge in [-0.05, 0) is 12.1 Å². The number of hydrogen-bond donors (Lipinski definition) is 1. The van der Waals surface area contributed by atoms with Crippen molar-refractivity contribution in [1.29, 1.82) is 0 Å². The molecule has 1 aromatic carbocycles. The fourth-order valence-corrected chi connectivity index (χ4v) is 2.79. The van der Waals surface area contributed by atoms with E-state index in [1.807, 2.05) is 0 Å². The first kappa shape index (κ1) is 15.8. The summed E-state index contributed by atoms with van der Waals surface area (Å²) in [7, 11) is -4.51. The smallest absolute Gasteiger partial charge is 0.383 e. The number of aliphatic hydroxyl groups excluding tert-OH is 1. The molecule has 9 heteroatoms. The van der Waals surface area contributed by atoms with Gasteiger partial charge in [0.05, 0.1) is 11.5 Å². The van der Waals surface area contributed by atoms with Crippen molar-refractivity contribution >= 4 is 9.84 Å². The van der Waals surface area contributed by atoms with Crippen molar-refractivity contribution in [3.05, 3.63) is 35.4 Å². The average Bonchev–Trinajstić information content (AvgIpc) is 2.22. The molecule has 1 N–H and O–H groups in total. The molecule has 0 saturated carbocycles.